The van der Waals surface area contributed by atoms with Gasteiger partial charge in [0.1, 0.15) is 5.82 Å². The largest absolute Gasteiger partial charge is 0.383 e. The molecule has 2 heteroatoms. The smallest absolute Gasteiger partial charge is 0.126 e. The number of rotatable bonds is 12. The van der Waals surface area contributed by atoms with E-state index in [4.69, 9.17) is 5.73 Å². The number of aromatic nitrogens is 1. The lowest BCUT2D eigenvalue weighted by atomic mass is 10.0. The number of nitrogens with two attached hydrogens (primary N) is 1. The van der Waals surface area contributed by atoms with Crippen molar-refractivity contribution in [2.45, 2.75) is 84.0 Å². The van der Waals surface area contributed by atoms with Gasteiger partial charge in [0.05, 0.1) is 0 Å². The van der Waals surface area contributed by atoms with E-state index in [0.29, 0.717) is 5.82 Å². The topological polar surface area (TPSA) is 38.9 Å². The Hall–Kier alpha value is -1.05. The lowest BCUT2D eigenvalue weighted by Gasteiger charge is -2.04. The van der Waals surface area contributed by atoms with Gasteiger partial charge in [-0.15, -0.1) is 0 Å². The monoisotopic (exact) mass is 276 g/mol. The molecule has 0 aliphatic rings. The number of nitrogen functional groups attached to an aromatic ring is 1. The van der Waals surface area contributed by atoms with Crippen molar-refractivity contribution < 1.29 is 0 Å². The van der Waals surface area contributed by atoms with Crippen LogP contribution in [0, 0.1) is 0 Å². The molecule has 2 N–H and O–H groups in total. The maximum absolute atomic E-state index is 5.84. The van der Waals surface area contributed by atoms with Gasteiger partial charge in [0, 0.05) is 6.20 Å². The highest BCUT2D eigenvalue weighted by Crippen LogP contribution is 2.14. The zero-order valence-corrected chi connectivity index (χ0v) is 13.2. The first-order valence-corrected chi connectivity index (χ1v) is 8.54. The highest BCUT2D eigenvalue weighted by molar-refractivity contribution is 5.38. The summed E-state index contributed by atoms with van der Waals surface area (Å²) in [5, 5.41) is 0. The Labute approximate surface area is 125 Å². The Morgan fingerprint density at radius 3 is 1.95 bits per heavy atom. The van der Waals surface area contributed by atoms with Crippen LogP contribution in [0.1, 0.15) is 83.1 Å². The molecule has 0 aliphatic heterocycles. The Kier molecular flexibility index (Phi) is 9.99. The van der Waals surface area contributed by atoms with Crippen LogP contribution < -0.4 is 5.73 Å². The van der Waals surface area contributed by atoms with Crippen molar-refractivity contribution in [1.82, 2.24) is 4.98 Å². The van der Waals surface area contributed by atoms with Gasteiger partial charge in [-0.1, -0.05) is 77.2 Å². The predicted molar refractivity (Wildman–Crippen MR) is 88.8 cm³/mol. The molecule has 0 aromatic carbocycles. The summed E-state index contributed by atoms with van der Waals surface area (Å²) in [6.45, 7) is 2.28. The van der Waals surface area contributed by atoms with Gasteiger partial charge < -0.3 is 5.73 Å². The van der Waals surface area contributed by atoms with Crippen LogP contribution in [-0.4, -0.2) is 4.98 Å². The van der Waals surface area contributed by atoms with Crippen molar-refractivity contribution in [3.63, 3.8) is 0 Å². The Balaban J connectivity index is 1.87. The molecule has 1 aromatic heterocycles. The van der Waals surface area contributed by atoms with Gasteiger partial charge in [-0.2, -0.15) is 0 Å². The van der Waals surface area contributed by atoms with E-state index in [2.05, 4.69) is 18.0 Å². The third-order valence-electron chi connectivity index (χ3n) is 3.98. The first-order chi connectivity index (χ1) is 9.84. The number of hydrogen-bond acceptors (Lipinski definition) is 2. The highest BCUT2D eigenvalue weighted by Gasteiger charge is 1.99. The molecule has 0 bridgehead atoms. The summed E-state index contributed by atoms with van der Waals surface area (Å²) in [5.74, 6) is 0.708. The molecule has 0 unspecified atom stereocenters. The van der Waals surface area contributed by atoms with Crippen molar-refractivity contribution in [2.75, 3.05) is 5.73 Å². The number of aryl methyl sites for hydroxylation is 1. The van der Waals surface area contributed by atoms with Crippen LogP contribution >= 0.6 is 0 Å². The van der Waals surface area contributed by atoms with E-state index in [9.17, 15) is 0 Å². The molecular formula is C18H32N2. The fourth-order valence-corrected chi connectivity index (χ4v) is 2.64. The molecule has 0 aliphatic carbocycles. The Morgan fingerprint density at radius 1 is 0.850 bits per heavy atom. The molecule has 20 heavy (non-hydrogen) atoms. The van der Waals surface area contributed by atoms with Gasteiger partial charge in [0.15, 0.2) is 0 Å². The van der Waals surface area contributed by atoms with Gasteiger partial charge in [0.2, 0.25) is 0 Å². The normalized spacial score (nSPS) is 10.8. The molecule has 1 rings (SSSR count). The van der Waals surface area contributed by atoms with Crippen molar-refractivity contribution in [3.05, 3.63) is 23.9 Å². The van der Waals surface area contributed by atoms with Gasteiger partial charge in [-0.3, -0.25) is 0 Å². The third-order valence-corrected chi connectivity index (χ3v) is 3.98. The molecule has 0 saturated carbocycles. The summed E-state index contributed by atoms with van der Waals surface area (Å²) in [4.78, 5) is 4.13. The van der Waals surface area contributed by atoms with Crippen LogP contribution in [0.25, 0.3) is 0 Å². The second kappa shape index (κ2) is 11.7. The predicted octanol–water partition coefficient (Wildman–Crippen LogP) is 5.52. The van der Waals surface area contributed by atoms with E-state index < -0.39 is 0 Å². The molecule has 0 saturated heterocycles. The van der Waals surface area contributed by atoms with Gasteiger partial charge >= 0.3 is 0 Å². The fourth-order valence-electron chi connectivity index (χ4n) is 2.64. The minimum absolute atomic E-state index is 0.708. The average Bonchev–Trinajstić information content (AvgIpc) is 2.46. The Morgan fingerprint density at radius 2 is 1.40 bits per heavy atom. The van der Waals surface area contributed by atoms with Gasteiger partial charge in [-0.05, 0) is 24.5 Å². The summed E-state index contributed by atoms with van der Waals surface area (Å²) >= 11 is 0. The number of pyridine rings is 1. The minimum atomic E-state index is 0.708. The zero-order chi connectivity index (χ0) is 14.5. The summed E-state index contributed by atoms with van der Waals surface area (Å²) in [5.41, 5.74) is 7.05. The van der Waals surface area contributed by atoms with Gasteiger partial charge in [-0.25, -0.2) is 4.98 Å². The molecule has 1 aromatic rings. The maximum atomic E-state index is 5.84. The molecule has 0 atom stereocenters. The summed E-state index contributed by atoms with van der Waals surface area (Å²) in [6.07, 6.45) is 18.1. The number of anilines is 1. The van der Waals surface area contributed by atoms with Crippen LogP contribution in [0.3, 0.4) is 0 Å². The molecule has 1 heterocycles. The molecular weight excluding hydrogens is 244 g/mol. The quantitative estimate of drug-likeness (QED) is 0.511. The summed E-state index contributed by atoms with van der Waals surface area (Å²) < 4.78 is 0. The van der Waals surface area contributed by atoms with Crippen LogP contribution in [0.4, 0.5) is 5.82 Å². The van der Waals surface area contributed by atoms with Crippen molar-refractivity contribution in [1.29, 1.82) is 0 Å². The van der Waals surface area contributed by atoms with Crippen molar-refractivity contribution in [2.24, 2.45) is 0 Å². The molecule has 0 spiro atoms. The highest BCUT2D eigenvalue weighted by atomic mass is 14.8. The average molecular weight is 276 g/mol. The second-order valence-corrected chi connectivity index (χ2v) is 5.83. The second-order valence-electron chi connectivity index (χ2n) is 5.83. The molecule has 0 fully saturated rings. The Bertz CT molecular complexity index is 336. The molecule has 114 valence electrons. The van der Waals surface area contributed by atoms with Crippen LogP contribution in [-0.2, 0) is 6.42 Å². The first-order valence-electron chi connectivity index (χ1n) is 8.54. The lowest BCUT2D eigenvalue weighted by Crippen LogP contribution is -1.97. The van der Waals surface area contributed by atoms with Crippen molar-refractivity contribution >= 4 is 5.82 Å². The first kappa shape index (κ1) is 17.0. The van der Waals surface area contributed by atoms with E-state index >= 15 is 0 Å². The van der Waals surface area contributed by atoms with Crippen LogP contribution in [0.5, 0.6) is 0 Å². The van der Waals surface area contributed by atoms with Crippen molar-refractivity contribution in [3.8, 4) is 0 Å². The third kappa shape index (κ3) is 8.19. The van der Waals surface area contributed by atoms with E-state index in [1.165, 1.54) is 76.2 Å². The lowest BCUT2D eigenvalue weighted by molar-refractivity contribution is 0.549. The SMILES string of the molecule is CCCCCCCCCCCCCc1cccnc1N. The molecule has 2 nitrogen and oxygen atoms in total. The summed E-state index contributed by atoms with van der Waals surface area (Å²) in [7, 11) is 0. The maximum Gasteiger partial charge on any atom is 0.126 e. The molecule has 0 amide bonds. The standard InChI is InChI=1S/C18H32N2/c1-2-3-4-5-6-7-8-9-10-11-12-14-17-15-13-16-20-18(17)19/h13,15-16H,2-12,14H2,1H3,(H2,19,20). The fraction of sp³-hybridized carbons (Fsp3) is 0.722. The number of hydrogen-bond donors (Lipinski definition) is 1. The van der Waals surface area contributed by atoms with Crippen LogP contribution in [0.15, 0.2) is 18.3 Å². The summed E-state index contributed by atoms with van der Waals surface area (Å²) in [6, 6.07) is 4.07. The molecule has 0 radical (unpaired) electrons. The number of nitrogens with zero attached hydrogens (tertiary/aromatic N) is 1. The van der Waals surface area contributed by atoms with E-state index in [1.807, 2.05) is 6.07 Å². The van der Waals surface area contributed by atoms with Gasteiger partial charge in [0.25, 0.3) is 0 Å². The van der Waals surface area contributed by atoms with Crippen LogP contribution in [0.2, 0.25) is 0 Å². The van der Waals surface area contributed by atoms with E-state index in [1.54, 1.807) is 6.20 Å². The number of unbranched alkanes of at least 4 members (excludes halogenated alkanes) is 10. The van der Waals surface area contributed by atoms with E-state index in [-0.39, 0.29) is 0 Å². The minimum Gasteiger partial charge on any atom is -0.383 e. The zero-order valence-electron chi connectivity index (χ0n) is 13.2. The van der Waals surface area contributed by atoms with E-state index in [0.717, 1.165) is 6.42 Å².